The second-order valence-corrected chi connectivity index (χ2v) is 6.54. The average molecular weight is 350 g/mol. The number of amides is 1. The summed E-state index contributed by atoms with van der Waals surface area (Å²) in [6, 6.07) is 14.0. The number of benzene rings is 2. The van der Waals surface area contributed by atoms with E-state index in [2.05, 4.69) is 5.32 Å². The summed E-state index contributed by atoms with van der Waals surface area (Å²) in [6.45, 7) is -0.0471. The van der Waals surface area contributed by atoms with Crippen molar-refractivity contribution in [3.05, 3.63) is 58.6 Å². The number of rotatable bonds is 5. The molecule has 0 radical (unpaired) electrons. The van der Waals surface area contributed by atoms with Gasteiger partial charge in [-0.2, -0.15) is 0 Å². The fourth-order valence-electron chi connectivity index (χ4n) is 1.59. The predicted octanol–water partition coefficient (Wildman–Crippen LogP) is 0.147. The van der Waals surface area contributed by atoms with Crippen molar-refractivity contribution in [3.8, 4) is 0 Å². The van der Waals surface area contributed by atoms with Crippen molar-refractivity contribution < 1.29 is 9.72 Å². The molecule has 0 bridgehead atoms. The molecular weight excluding hydrogens is 337 g/mol. The minimum absolute atomic E-state index is 0.0471. The first-order valence-corrected chi connectivity index (χ1v) is 7.82. The van der Waals surface area contributed by atoms with Crippen LogP contribution >= 0.6 is 0 Å². The number of carbonyl (C=O) groups excluding carboxylic acids is 1. The molecule has 7 heteroatoms. The summed E-state index contributed by atoms with van der Waals surface area (Å²) in [5, 5.41) is 13.3. The second kappa shape index (κ2) is 6.99. The van der Waals surface area contributed by atoms with Crippen molar-refractivity contribution in [2.45, 2.75) is 0 Å². The molecule has 21 heavy (non-hydrogen) atoms. The van der Waals surface area contributed by atoms with Crippen molar-refractivity contribution in [2.75, 3.05) is 11.9 Å². The quantitative estimate of drug-likeness (QED) is 0.456. The average Bonchev–Trinajstić information content (AvgIpc) is 2.49. The summed E-state index contributed by atoms with van der Waals surface area (Å²) in [4.78, 5) is 21.3. The molecular formula is C14H13N3O3Se. The zero-order valence-corrected chi connectivity index (χ0v) is 12.7. The molecule has 0 spiro atoms. The number of nitro groups is 1. The van der Waals surface area contributed by atoms with Gasteiger partial charge >= 0.3 is 127 Å². The van der Waals surface area contributed by atoms with Gasteiger partial charge in [0, 0.05) is 0 Å². The molecule has 2 rings (SSSR count). The van der Waals surface area contributed by atoms with Crippen LogP contribution in [0.15, 0.2) is 48.5 Å². The van der Waals surface area contributed by atoms with Gasteiger partial charge in [-0.25, -0.2) is 0 Å². The Balaban J connectivity index is 2.02. The van der Waals surface area contributed by atoms with E-state index in [0.717, 1.165) is 8.92 Å². The third kappa shape index (κ3) is 4.39. The first-order chi connectivity index (χ1) is 10.1. The summed E-state index contributed by atoms with van der Waals surface area (Å²) in [5.74, 6) is -0.233. The van der Waals surface area contributed by atoms with E-state index in [0.29, 0.717) is 5.69 Å². The van der Waals surface area contributed by atoms with Gasteiger partial charge in [0.05, 0.1) is 0 Å². The van der Waals surface area contributed by atoms with Gasteiger partial charge < -0.3 is 0 Å². The summed E-state index contributed by atoms with van der Waals surface area (Å²) in [6.07, 6.45) is 0. The fourth-order valence-corrected chi connectivity index (χ4v) is 3.30. The van der Waals surface area contributed by atoms with Gasteiger partial charge in [-0.15, -0.1) is 0 Å². The normalized spacial score (nSPS) is 10.1. The summed E-state index contributed by atoms with van der Waals surface area (Å²) in [5.41, 5.74) is 6.02. The Morgan fingerprint density at radius 1 is 1.10 bits per heavy atom. The summed E-state index contributed by atoms with van der Waals surface area (Å²) < 4.78 is 2.16. The molecule has 6 nitrogen and oxygen atoms in total. The van der Waals surface area contributed by atoms with Gasteiger partial charge in [0.1, 0.15) is 0 Å². The number of hydrogen-bond acceptors (Lipinski definition) is 4. The van der Waals surface area contributed by atoms with E-state index in [-0.39, 0.29) is 33.1 Å². The van der Waals surface area contributed by atoms with Crippen LogP contribution in [-0.4, -0.2) is 32.3 Å². The number of non-ortho nitro benzene ring substituents is 1. The molecule has 0 unspecified atom stereocenters. The Labute approximate surface area is 127 Å². The molecule has 0 atom stereocenters. The Morgan fingerprint density at radius 3 is 2.10 bits per heavy atom. The molecule has 0 aromatic heterocycles. The molecule has 0 saturated carbocycles. The van der Waals surface area contributed by atoms with Crippen molar-refractivity contribution in [2.24, 2.45) is 5.73 Å². The van der Waals surface area contributed by atoms with Crippen molar-refractivity contribution >= 4 is 41.2 Å². The Bertz CT molecular complexity index is 642. The fraction of sp³-hybridized carbons (Fsp3) is 0.0714. The van der Waals surface area contributed by atoms with Crippen molar-refractivity contribution in [1.29, 1.82) is 0 Å². The maximum atomic E-state index is 11.2. The third-order valence-corrected chi connectivity index (χ3v) is 4.74. The molecule has 0 aliphatic carbocycles. The van der Waals surface area contributed by atoms with Crippen LogP contribution in [0, 0.1) is 10.1 Å². The monoisotopic (exact) mass is 351 g/mol. The summed E-state index contributed by atoms with van der Waals surface area (Å²) >= 11 is 0.0610. The third-order valence-electron chi connectivity index (χ3n) is 2.61. The Hall–Kier alpha value is -2.21. The van der Waals surface area contributed by atoms with Gasteiger partial charge in [0.25, 0.3) is 0 Å². The van der Waals surface area contributed by atoms with Crippen LogP contribution in [0.5, 0.6) is 0 Å². The molecule has 3 N–H and O–H groups in total. The predicted molar refractivity (Wildman–Crippen MR) is 82.2 cm³/mol. The Kier molecular flexibility index (Phi) is 5.05. The molecule has 0 fully saturated rings. The SMILES string of the molecule is NCC(=O)Nc1ccc([Se]c2ccc([N+](=O)[O-])cc2)cc1. The van der Waals surface area contributed by atoms with Gasteiger partial charge in [-0.3, -0.25) is 0 Å². The topological polar surface area (TPSA) is 98.3 Å². The van der Waals surface area contributed by atoms with Gasteiger partial charge in [0.15, 0.2) is 0 Å². The number of carbonyl (C=O) groups is 1. The zero-order valence-electron chi connectivity index (χ0n) is 11.0. The van der Waals surface area contributed by atoms with Crippen LogP contribution in [0.25, 0.3) is 0 Å². The van der Waals surface area contributed by atoms with Crippen LogP contribution in [0.4, 0.5) is 11.4 Å². The number of nitrogens with one attached hydrogen (secondary N) is 1. The molecule has 2 aromatic rings. The molecule has 108 valence electrons. The zero-order chi connectivity index (χ0) is 15.2. The standard InChI is InChI=1S/C14H13N3O3Se/c15-9-14(18)16-10-1-5-12(6-2-10)21-13-7-3-11(4-8-13)17(19)20/h1-8H,9,15H2,(H,16,18). The van der Waals surface area contributed by atoms with Crippen molar-refractivity contribution in [1.82, 2.24) is 0 Å². The number of nitro benzene ring substituents is 1. The first kappa shape index (κ1) is 15.2. The van der Waals surface area contributed by atoms with Crippen molar-refractivity contribution in [3.63, 3.8) is 0 Å². The molecule has 2 aromatic carbocycles. The number of nitrogens with two attached hydrogens (primary N) is 1. The first-order valence-electron chi connectivity index (χ1n) is 6.11. The van der Waals surface area contributed by atoms with E-state index < -0.39 is 4.92 Å². The Morgan fingerprint density at radius 2 is 1.62 bits per heavy atom. The molecule has 0 heterocycles. The number of hydrogen-bond donors (Lipinski definition) is 2. The van der Waals surface area contributed by atoms with E-state index in [9.17, 15) is 14.9 Å². The summed E-state index contributed by atoms with van der Waals surface area (Å²) in [7, 11) is 0. The molecule has 1 amide bonds. The van der Waals surface area contributed by atoms with Crippen LogP contribution in [0.3, 0.4) is 0 Å². The maximum absolute atomic E-state index is 11.2. The van der Waals surface area contributed by atoms with Gasteiger partial charge in [-0.1, -0.05) is 0 Å². The van der Waals surface area contributed by atoms with E-state index >= 15 is 0 Å². The van der Waals surface area contributed by atoms with Crippen LogP contribution in [0.1, 0.15) is 0 Å². The van der Waals surface area contributed by atoms with Crippen LogP contribution < -0.4 is 20.0 Å². The molecule has 0 aliphatic rings. The van der Waals surface area contributed by atoms with Gasteiger partial charge in [0.2, 0.25) is 0 Å². The minimum atomic E-state index is -0.411. The van der Waals surface area contributed by atoms with Crippen LogP contribution in [0.2, 0.25) is 0 Å². The van der Waals surface area contributed by atoms with E-state index in [1.54, 1.807) is 12.1 Å². The van der Waals surface area contributed by atoms with E-state index in [4.69, 9.17) is 5.73 Å². The molecule has 0 saturated heterocycles. The number of nitrogens with zero attached hydrogens (tertiary/aromatic N) is 1. The second-order valence-electron chi connectivity index (χ2n) is 4.13. The number of anilines is 1. The van der Waals surface area contributed by atoms with Gasteiger partial charge in [-0.05, 0) is 0 Å². The van der Waals surface area contributed by atoms with E-state index in [1.807, 2.05) is 24.3 Å². The van der Waals surface area contributed by atoms with Crippen LogP contribution in [-0.2, 0) is 4.79 Å². The van der Waals surface area contributed by atoms with E-state index in [1.165, 1.54) is 12.1 Å². The molecule has 0 aliphatic heterocycles.